The van der Waals surface area contributed by atoms with Gasteiger partial charge in [0.05, 0.1) is 0 Å². The summed E-state index contributed by atoms with van der Waals surface area (Å²) in [4.78, 5) is 25.7. The number of aromatic nitrogens is 1. The first-order valence-electron chi connectivity index (χ1n) is 3.96. The second kappa shape index (κ2) is 3.41. The van der Waals surface area contributed by atoms with Gasteiger partial charge in [-0.1, -0.05) is 0 Å². The second-order valence-corrected chi connectivity index (χ2v) is 2.64. The molecule has 1 aliphatic rings. The third-order valence-electron chi connectivity index (χ3n) is 1.62. The van der Waals surface area contributed by atoms with E-state index in [1.807, 2.05) is 0 Å². The fourth-order valence-electron chi connectivity index (χ4n) is 0.983. The zero-order chi connectivity index (χ0) is 10.8. The van der Waals surface area contributed by atoms with E-state index < -0.39 is 17.7 Å². The molecule has 2 bridgehead atoms. The average molecular weight is 207 g/mol. The van der Waals surface area contributed by atoms with Gasteiger partial charge in [0.25, 0.3) is 5.88 Å². The van der Waals surface area contributed by atoms with Crippen molar-refractivity contribution < 1.29 is 24.2 Å². The van der Waals surface area contributed by atoms with Gasteiger partial charge in [-0.2, -0.15) is 0 Å². The molecule has 76 valence electrons. The highest BCUT2D eigenvalue weighted by Gasteiger charge is 2.17. The molecule has 0 unspecified atom stereocenters. The lowest BCUT2D eigenvalue weighted by Crippen LogP contribution is -2.05. The van der Waals surface area contributed by atoms with Crippen molar-refractivity contribution in [2.24, 2.45) is 0 Å². The SMILES string of the molecule is O=C1/C=C/C(=O)Oc2nccc(c2O)O1. The Morgan fingerprint density at radius 3 is 2.53 bits per heavy atom. The van der Waals surface area contributed by atoms with Crippen LogP contribution in [0.2, 0.25) is 0 Å². The maximum Gasteiger partial charge on any atom is 0.337 e. The lowest BCUT2D eigenvalue weighted by molar-refractivity contribution is -0.131. The summed E-state index contributed by atoms with van der Waals surface area (Å²) in [7, 11) is 0. The molecule has 0 aromatic carbocycles. The first kappa shape index (κ1) is 9.20. The molecular weight excluding hydrogens is 202 g/mol. The Bertz CT molecular complexity index is 427. The Morgan fingerprint density at radius 1 is 1.13 bits per heavy atom. The molecule has 1 N–H and O–H groups in total. The number of rotatable bonds is 0. The number of ether oxygens (including phenoxy) is 2. The van der Waals surface area contributed by atoms with Crippen molar-refractivity contribution in [3.63, 3.8) is 0 Å². The van der Waals surface area contributed by atoms with Gasteiger partial charge in [0.2, 0.25) is 5.75 Å². The van der Waals surface area contributed by atoms with E-state index in [1.54, 1.807) is 0 Å². The summed E-state index contributed by atoms with van der Waals surface area (Å²) in [6.45, 7) is 0. The van der Waals surface area contributed by atoms with Crippen LogP contribution in [-0.2, 0) is 9.59 Å². The molecule has 0 amide bonds. The van der Waals surface area contributed by atoms with Crippen LogP contribution in [0.3, 0.4) is 0 Å². The Kier molecular flexibility index (Phi) is 2.09. The molecule has 1 aromatic rings. The predicted molar refractivity (Wildman–Crippen MR) is 46.3 cm³/mol. The molecule has 0 radical (unpaired) electrons. The molecule has 1 aliphatic heterocycles. The summed E-state index contributed by atoms with van der Waals surface area (Å²) in [5, 5.41) is 9.47. The van der Waals surface area contributed by atoms with Crippen LogP contribution in [0.25, 0.3) is 0 Å². The Morgan fingerprint density at radius 2 is 1.80 bits per heavy atom. The number of carbonyl (C=O) groups is 2. The zero-order valence-electron chi connectivity index (χ0n) is 7.34. The maximum atomic E-state index is 11.0. The van der Waals surface area contributed by atoms with Gasteiger partial charge in [-0.15, -0.1) is 0 Å². The highest BCUT2D eigenvalue weighted by Crippen LogP contribution is 2.34. The van der Waals surface area contributed by atoms with Crippen LogP contribution in [-0.4, -0.2) is 22.0 Å². The molecule has 0 fully saturated rings. The average Bonchev–Trinajstić information content (AvgIpc) is 2.24. The molecule has 15 heavy (non-hydrogen) atoms. The highest BCUT2D eigenvalue weighted by atomic mass is 16.6. The summed E-state index contributed by atoms with van der Waals surface area (Å²) in [6.07, 6.45) is 3.04. The number of hydrogen-bond donors (Lipinski definition) is 1. The molecule has 1 aromatic heterocycles. The Balaban J connectivity index is 2.53. The fourth-order valence-corrected chi connectivity index (χ4v) is 0.983. The van der Waals surface area contributed by atoms with Crippen molar-refractivity contribution in [2.75, 3.05) is 0 Å². The van der Waals surface area contributed by atoms with Crippen LogP contribution >= 0.6 is 0 Å². The van der Waals surface area contributed by atoms with Crippen LogP contribution in [0.5, 0.6) is 17.4 Å². The van der Waals surface area contributed by atoms with Crippen molar-refractivity contribution in [1.29, 1.82) is 0 Å². The molecule has 0 atom stereocenters. The van der Waals surface area contributed by atoms with E-state index in [2.05, 4.69) is 9.72 Å². The molecule has 2 heterocycles. The Hall–Kier alpha value is -2.37. The first-order chi connectivity index (χ1) is 7.16. The van der Waals surface area contributed by atoms with Gasteiger partial charge in [-0.05, 0) is 0 Å². The van der Waals surface area contributed by atoms with Gasteiger partial charge in [0, 0.05) is 24.4 Å². The zero-order valence-corrected chi connectivity index (χ0v) is 7.34. The molecule has 2 rings (SSSR count). The third kappa shape index (κ3) is 1.78. The summed E-state index contributed by atoms with van der Waals surface area (Å²) >= 11 is 0. The smallest absolute Gasteiger partial charge is 0.337 e. The number of pyridine rings is 1. The molecule has 6 nitrogen and oxygen atoms in total. The van der Waals surface area contributed by atoms with Gasteiger partial charge in [-0.3, -0.25) is 0 Å². The van der Waals surface area contributed by atoms with Crippen LogP contribution in [0.15, 0.2) is 24.4 Å². The van der Waals surface area contributed by atoms with Crippen LogP contribution in [0.4, 0.5) is 0 Å². The largest absolute Gasteiger partial charge is 0.500 e. The van der Waals surface area contributed by atoms with E-state index in [4.69, 9.17) is 4.74 Å². The van der Waals surface area contributed by atoms with E-state index in [0.29, 0.717) is 0 Å². The normalized spacial score (nSPS) is 16.8. The number of esters is 2. The van der Waals surface area contributed by atoms with Gasteiger partial charge in [0.15, 0.2) is 5.75 Å². The molecule has 0 spiro atoms. The summed E-state index contributed by atoms with van der Waals surface area (Å²) < 4.78 is 9.34. The van der Waals surface area contributed by atoms with Crippen LogP contribution in [0, 0.1) is 0 Å². The minimum absolute atomic E-state index is 0.107. The molecular formula is C9H5NO5. The fraction of sp³-hybridized carbons (Fsp3) is 0. The summed E-state index contributed by atoms with van der Waals surface area (Å²) in [5.41, 5.74) is 0. The first-order valence-corrected chi connectivity index (χ1v) is 3.96. The van der Waals surface area contributed by atoms with Crippen molar-refractivity contribution in [3.8, 4) is 17.4 Å². The Labute approximate surface area is 83.8 Å². The predicted octanol–water partition coefficient (Wildman–Crippen LogP) is 0.168. The van der Waals surface area contributed by atoms with E-state index in [1.165, 1.54) is 12.3 Å². The van der Waals surface area contributed by atoms with Crippen LogP contribution < -0.4 is 9.47 Å². The quantitative estimate of drug-likeness (QED) is 0.610. The lowest BCUT2D eigenvalue weighted by atomic mass is 10.4. The lowest BCUT2D eigenvalue weighted by Gasteiger charge is -2.05. The number of nitrogens with zero attached hydrogens (tertiary/aromatic N) is 1. The number of hydrogen-bond acceptors (Lipinski definition) is 6. The standard InChI is InChI=1S/C9H5NO5/c11-6-1-2-7(12)15-9-8(13)5(14-6)3-4-10-9/h1-4,13H/b2-1+. The summed E-state index contributed by atoms with van der Waals surface area (Å²) in [6, 6.07) is 1.28. The minimum atomic E-state index is -0.811. The van der Waals surface area contributed by atoms with E-state index in [0.717, 1.165) is 12.2 Å². The third-order valence-corrected chi connectivity index (χ3v) is 1.62. The molecule has 0 saturated heterocycles. The minimum Gasteiger partial charge on any atom is -0.500 e. The van der Waals surface area contributed by atoms with Crippen molar-refractivity contribution in [1.82, 2.24) is 4.98 Å². The topological polar surface area (TPSA) is 85.7 Å². The van der Waals surface area contributed by atoms with Gasteiger partial charge < -0.3 is 14.6 Å². The van der Waals surface area contributed by atoms with E-state index in [9.17, 15) is 14.7 Å². The molecule has 0 saturated carbocycles. The van der Waals surface area contributed by atoms with Crippen molar-refractivity contribution in [2.45, 2.75) is 0 Å². The number of carbonyl (C=O) groups excluding carboxylic acids is 2. The monoisotopic (exact) mass is 207 g/mol. The van der Waals surface area contributed by atoms with Gasteiger partial charge in [-0.25, -0.2) is 14.6 Å². The number of aromatic hydroxyl groups is 1. The van der Waals surface area contributed by atoms with E-state index >= 15 is 0 Å². The van der Waals surface area contributed by atoms with Crippen molar-refractivity contribution in [3.05, 3.63) is 24.4 Å². The van der Waals surface area contributed by atoms with Crippen molar-refractivity contribution >= 4 is 11.9 Å². The maximum absolute atomic E-state index is 11.0. The van der Waals surface area contributed by atoms with Gasteiger partial charge in [0.1, 0.15) is 0 Å². The second-order valence-electron chi connectivity index (χ2n) is 2.64. The van der Waals surface area contributed by atoms with Crippen LogP contribution in [0.1, 0.15) is 0 Å². The molecule has 0 aliphatic carbocycles. The summed E-state index contributed by atoms with van der Waals surface area (Å²) in [5.74, 6) is -2.47. The number of fused-ring (bicyclic) bond motifs is 2. The van der Waals surface area contributed by atoms with E-state index in [-0.39, 0.29) is 11.6 Å². The highest BCUT2D eigenvalue weighted by molar-refractivity contribution is 5.94. The molecule has 6 heteroatoms. The van der Waals surface area contributed by atoms with Gasteiger partial charge >= 0.3 is 11.9 Å².